The van der Waals surface area contributed by atoms with E-state index in [1.165, 1.54) is 15.9 Å². The maximum Gasteiger partial charge on any atom is 0.305 e. The van der Waals surface area contributed by atoms with E-state index in [4.69, 9.17) is 28.9 Å². The van der Waals surface area contributed by atoms with Crippen molar-refractivity contribution >= 4 is 75.0 Å². The summed E-state index contributed by atoms with van der Waals surface area (Å²) in [5, 5.41) is 12.1. The van der Waals surface area contributed by atoms with Gasteiger partial charge in [0.15, 0.2) is 0 Å². The lowest BCUT2D eigenvalue weighted by Gasteiger charge is -2.17. The smallest absolute Gasteiger partial charge is 0.305 e. The number of halogens is 1. The standard InChI is InChI=1S/C23H18ClN3O5S2/c24-13-4-3-5-14(10-13)25-19(28)12-27-17-7-2-1-6-15(17)16(21(27)31)11-18-22(32)26(23(33)34-18)9-8-20(29)30/h1-7,10-11,16H,8-9,12H2,(H,25,28)(H,29,30)/b18-11-/t16-/m1/s1. The lowest BCUT2D eigenvalue weighted by molar-refractivity contribution is -0.137. The van der Waals surface area contributed by atoms with E-state index in [0.29, 0.717) is 22.0 Å². The summed E-state index contributed by atoms with van der Waals surface area (Å²) in [6, 6.07) is 13.7. The molecule has 0 saturated carbocycles. The number of carboxylic acid groups (broad SMARTS) is 1. The molecule has 4 rings (SSSR count). The van der Waals surface area contributed by atoms with Crippen LogP contribution in [0.2, 0.25) is 5.02 Å². The van der Waals surface area contributed by atoms with E-state index < -0.39 is 23.7 Å². The molecule has 0 unspecified atom stereocenters. The monoisotopic (exact) mass is 515 g/mol. The van der Waals surface area contributed by atoms with Crippen LogP contribution in [0.25, 0.3) is 0 Å². The van der Waals surface area contributed by atoms with Crippen molar-refractivity contribution in [3.05, 3.63) is 70.1 Å². The maximum atomic E-state index is 13.3. The van der Waals surface area contributed by atoms with Gasteiger partial charge in [-0.25, -0.2) is 0 Å². The van der Waals surface area contributed by atoms with Crippen LogP contribution in [-0.2, 0) is 19.2 Å². The molecule has 2 aromatic rings. The molecule has 2 aromatic carbocycles. The van der Waals surface area contributed by atoms with Crippen LogP contribution in [0.4, 0.5) is 11.4 Å². The van der Waals surface area contributed by atoms with Crippen molar-refractivity contribution < 1.29 is 24.3 Å². The molecule has 0 radical (unpaired) electrons. The number of amides is 3. The van der Waals surface area contributed by atoms with Gasteiger partial charge in [0.05, 0.1) is 17.2 Å². The first-order chi connectivity index (χ1) is 16.2. The zero-order chi connectivity index (χ0) is 24.4. The van der Waals surface area contributed by atoms with Gasteiger partial charge < -0.3 is 15.3 Å². The number of carbonyl (C=O) groups excluding carboxylic acids is 3. The van der Waals surface area contributed by atoms with E-state index in [1.54, 1.807) is 48.5 Å². The molecule has 11 heteroatoms. The van der Waals surface area contributed by atoms with Crippen LogP contribution in [0, 0.1) is 0 Å². The van der Waals surface area contributed by atoms with E-state index in [1.807, 2.05) is 0 Å². The summed E-state index contributed by atoms with van der Waals surface area (Å²) < 4.78 is 0.244. The zero-order valence-electron chi connectivity index (χ0n) is 17.6. The molecule has 0 bridgehead atoms. The first-order valence-electron chi connectivity index (χ1n) is 10.2. The molecule has 3 amide bonds. The molecule has 2 aliphatic rings. The molecule has 0 spiro atoms. The summed E-state index contributed by atoms with van der Waals surface area (Å²) in [6.45, 7) is -0.255. The van der Waals surface area contributed by atoms with Crippen LogP contribution in [0.1, 0.15) is 17.9 Å². The van der Waals surface area contributed by atoms with Crippen LogP contribution >= 0.6 is 35.6 Å². The van der Waals surface area contributed by atoms with Gasteiger partial charge in [0.25, 0.3) is 5.91 Å². The van der Waals surface area contributed by atoms with Crippen molar-refractivity contribution in [3.63, 3.8) is 0 Å². The van der Waals surface area contributed by atoms with Gasteiger partial charge in [-0.3, -0.25) is 24.1 Å². The highest BCUT2D eigenvalue weighted by Crippen LogP contribution is 2.41. The Bertz CT molecular complexity index is 1250. The van der Waals surface area contributed by atoms with Crippen molar-refractivity contribution in [2.75, 3.05) is 23.3 Å². The predicted octanol–water partition coefficient (Wildman–Crippen LogP) is 3.63. The van der Waals surface area contributed by atoms with Crippen molar-refractivity contribution in [2.45, 2.75) is 12.3 Å². The molecule has 2 aliphatic heterocycles. The Kier molecular flexibility index (Phi) is 7.01. The molecule has 2 heterocycles. The Balaban J connectivity index is 1.54. The van der Waals surface area contributed by atoms with E-state index in [-0.39, 0.29) is 34.6 Å². The number of hydrogen-bond donors (Lipinski definition) is 2. The van der Waals surface area contributed by atoms with Gasteiger partial charge in [-0.15, -0.1) is 0 Å². The second-order valence-corrected chi connectivity index (χ2v) is 9.63. The summed E-state index contributed by atoms with van der Waals surface area (Å²) in [4.78, 5) is 52.5. The number of carboxylic acids is 1. The summed E-state index contributed by atoms with van der Waals surface area (Å²) in [5.74, 6) is -2.99. The molecule has 1 atom stereocenters. The molecule has 1 fully saturated rings. The molecule has 174 valence electrons. The minimum atomic E-state index is -1.04. The topological polar surface area (TPSA) is 107 Å². The second-order valence-electron chi connectivity index (χ2n) is 7.52. The van der Waals surface area contributed by atoms with Gasteiger partial charge in [-0.2, -0.15) is 0 Å². The largest absolute Gasteiger partial charge is 0.481 e. The number of thioether (sulfide) groups is 1. The molecular formula is C23H18ClN3O5S2. The third kappa shape index (κ3) is 4.98. The summed E-state index contributed by atoms with van der Waals surface area (Å²) in [6.07, 6.45) is 1.30. The van der Waals surface area contributed by atoms with Gasteiger partial charge >= 0.3 is 5.97 Å². The number of nitrogens with one attached hydrogen (secondary N) is 1. The fourth-order valence-corrected chi connectivity index (χ4v) is 5.22. The highest BCUT2D eigenvalue weighted by Gasteiger charge is 2.40. The van der Waals surface area contributed by atoms with Gasteiger partial charge in [-0.05, 0) is 35.9 Å². The molecule has 0 aromatic heterocycles. The normalized spacial score (nSPS) is 18.6. The molecular weight excluding hydrogens is 498 g/mol. The molecule has 1 saturated heterocycles. The number of benzene rings is 2. The predicted molar refractivity (Wildman–Crippen MR) is 134 cm³/mol. The van der Waals surface area contributed by atoms with Crippen LogP contribution in [0.3, 0.4) is 0 Å². The van der Waals surface area contributed by atoms with Gasteiger partial charge in [0, 0.05) is 22.9 Å². The number of carbonyl (C=O) groups is 4. The van der Waals surface area contributed by atoms with Gasteiger partial charge in [-0.1, -0.05) is 59.8 Å². The number of aliphatic carboxylic acids is 1. The lowest BCUT2D eigenvalue weighted by Crippen LogP contribution is -2.36. The summed E-state index contributed by atoms with van der Waals surface area (Å²) in [7, 11) is 0. The number of para-hydroxylation sites is 1. The Hall–Kier alpha value is -3.21. The minimum Gasteiger partial charge on any atom is -0.481 e. The number of rotatable bonds is 7. The van der Waals surface area contributed by atoms with Crippen LogP contribution < -0.4 is 10.2 Å². The summed E-state index contributed by atoms with van der Waals surface area (Å²) in [5.41, 5.74) is 1.76. The molecule has 34 heavy (non-hydrogen) atoms. The molecule has 8 nitrogen and oxygen atoms in total. The Morgan fingerprint density at radius 3 is 2.65 bits per heavy atom. The average molecular weight is 516 g/mol. The molecule has 2 N–H and O–H groups in total. The highest BCUT2D eigenvalue weighted by molar-refractivity contribution is 8.26. The first kappa shape index (κ1) is 23.9. The first-order valence-corrected chi connectivity index (χ1v) is 11.8. The highest BCUT2D eigenvalue weighted by atomic mass is 35.5. The molecule has 0 aliphatic carbocycles. The Morgan fingerprint density at radius 1 is 1.15 bits per heavy atom. The number of hydrogen-bond acceptors (Lipinski definition) is 6. The van der Waals surface area contributed by atoms with Crippen LogP contribution in [0.15, 0.2) is 59.5 Å². The number of nitrogens with zero attached hydrogens (tertiary/aromatic N) is 2. The Labute approximate surface area is 209 Å². The second kappa shape index (κ2) is 9.96. The maximum absolute atomic E-state index is 13.3. The fourth-order valence-electron chi connectivity index (χ4n) is 3.72. The van der Waals surface area contributed by atoms with Gasteiger partial charge in [0.2, 0.25) is 11.8 Å². The SMILES string of the molecule is O=C(O)CCN1C(=O)/C(=C/[C@H]2C(=O)N(CC(=O)Nc3cccc(Cl)c3)c3ccccc32)SC1=S. The third-order valence-corrected chi connectivity index (χ3v) is 6.88. The van der Waals surface area contributed by atoms with Gasteiger partial charge in [0.1, 0.15) is 10.9 Å². The zero-order valence-corrected chi connectivity index (χ0v) is 20.0. The Morgan fingerprint density at radius 2 is 1.91 bits per heavy atom. The van der Waals surface area contributed by atoms with E-state index in [0.717, 1.165) is 11.8 Å². The van der Waals surface area contributed by atoms with Crippen LogP contribution in [0.5, 0.6) is 0 Å². The average Bonchev–Trinajstić information content (AvgIpc) is 3.20. The van der Waals surface area contributed by atoms with Crippen LogP contribution in [-0.4, -0.2) is 51.1 Å². The number of anilines is 2. The van der Waals surface area contributed by atoms with Crippen molar-refractivity contribution in [2.24, 2.45) is 0 Å². The van der Waals surface area contributed by atoms with Crippen molar-refractivity contribution in [3.8, 4) is 0 Å². The van der Waals surface area contributed by atoms with E-state index >= 15 is 0 Å². The number of fused-ring (bicyclic) bond motifs is 1. The summed E-state index contributed by atoms with van der Waals surface area (Å²) >= 11 is 12.2. The quantitative estimate of drug-likeness (QED) is 0.428. The lowest BCUT2D eigenvalue weighted by atomic mass is 10.0. The van der Waals surface area contributed by atoms with E-state index in [2.05, 4.69) is 5.32 Å². The van der Waals surface area contributed by atoms with E-state index in [9.17, 15) is 19.2 Å². The third-order valence-electron chi connectivity index (χ3n) is 5.25. The van der Waals surface area contributed by atoms with Crippen molar-refractivity contribution in [1.29, 1.82) is 0 Å². The fraction of sp³-hybridized carbons (Fsp3) is 0.174. The van der Waals surface area contributed by atoms with Crippen molar-refractivity contribution in [1.82, 2.24) is 4.90 Å². The minimum absolute atomic E-state index is 0.0393. The number of thiocarbonyl (C=S) groups is 1.